The number of fused-ring (bicyclic) bond motifs is 1. The Labute approximate surface area is 176 Å². The number of halogens is 3. The summed E-state index contributed by atoms with van der Waals surface area (Å²) in [5.41, 5.74) is -1.37. The van der Waals surface area contributed by atoms with E-state index >= 15 is 0 Å². The molecule has 1 atom stereocenters. The molecule has 3 rings (SSSR count). The van der Waals surface area contributed by atoms with Crippen LogP contribution in [0.3, 0.4) is 0 Å². The quantitative estimate of drug-likeness (QED) is 0.543. The number of benzene rings is 2. The number of hydrogen-bond acceptors (Lipinski definition) is 2. The first-order valence-electron chi connectivity index (χ1n) is 10.2. The summed E-state index contributed by atoms with van der Waals surface area (Å²) >= 11 is 0. The van der Waals surface area contributed by atoms with Crippen molar-refractivity contribution in [1.29, 1.82) is 0 Å². The number of alkyl halides is 3. The minimum Gasteiger partial charge on any atom is -0.497 e. The highest BCUT2D eigenvalue weighted by molar-refractivity contribution is 5.95. The molecule has 0 aliphatic carbocycles. The maximum absolute atomic E-state index is 15.0. The molecule has 0 saturated carbocycles. The fourth-order valence-corrected chi connectivity index (χ4v) is 4.12. The zero-order chi connectivity index (χ0) is 22.2. The molecule has 0 N–H and O–H groups in total. The van der Waals surface area contributed by atoms with E-state index in [0.717, 1.165) is 5.56 Å². The number of aryl methyl sites for hydroxylation is 1. The van der Waals surface area contributed by atoms with Crippen LogP contribution in [0, 0.1) is 6.92 Å². The van der Waals surface area contributed by atoms with Gasteiger partial charge in [0.2, 0.25) is 0 Å². The zero-order valence-electron chi connectivity index (χ0n) is 18.0. The maximum Gasteiger partial charge on any atom is 0.402 e. The first-order chi connectivity index (χ1) is 14.2. The van der Waals surface area contributed by atoms with Crippen LogP contribution in [0.25, 0.3) is 5.32 Å². The van der Waals surface area contributed by atoms with Crippen molar-refractivity contribution in [2.24, 2.45) is 4.99 Å². The number of aliphatic imine (C=N–C) groups is 1. The molecule has 0 spiro atoms. The van der Waals surface area contributed by atoms with E-state index < -0.39 is 11.7 Å². The lowest BCUT2D eigenvalue weighted by Crippen LogP contribution is -2.57. The summed E-state index contributed by atoms with van der Waals surface area (Å²) in [5, 5.41) is 4.43. The lowest BCUT2D eigenvalue weighted by molar-refractivity contribution is -0.835. The summed E-state index contributed by atoms with van der Waals surface area (Å²) in [7, 11) is 1.48. The summed E-state index contributed by atoms with van der Waals surface area (Å²) in [4.78, 5) is 4.64. The Hall–Kier alpha value is -2.54. The topological polar surface area (TPSA) is 35.7 Å². The van der Waals surface area contributed by atoms with Crippen LogP contribution in [0.4, 0.5) is 18.9 Å². The van der Waals surface area contributed by atoms with E-state index in [1.807, 2.05) is 20.8 Å². The molecule has 0 radical (unpaired) electrons. The summed E-state index contributed by atoms with van der Waals surface area (Å²) < 4.78 is 50.3. The fourth-order valence-electron chi connectivity index (χ4n) is 4.12. The molecule has 1 unspecified atom stereocenters. The predicted molar refractivity (Wildman–Crippen MR) is 113 cm³/mol. The van der Waals surface area contributed by atoms with Gasteiger partial charge in [0, 0.05) is 0 Å². The zero-order valence-corrected chi connectivity index (χ0v) is 18.0. The van der Waals surface area contributed by atoms with Crippen LogP contribution in [-0.4, -0.2) is 43.4 Å². The Morgan fingerprint density at radius 3 is 2.10 bits per heavy atom. The van der Waals surface area contributed by atoms with E-state index in [2.05, 4.69) is 10.3 Å². The van der Waals surface area contributed by atoms with E-state index in [4.69, 9.17) is 4.74 Å². The number of rotatable bonds is 5. The highest BCUT2D eigenvalue weighted by Gasteiger charge is 2.57. The van der Waals surface area contributed by atoms with Gasteiger partial charge >= 0.3 is 6.18 Å². The third-order valence-electron chi connectivity index (χ3n) is 6.19. The van der Waals surface area contributed by atoms with Crippen molar-refractivity contribution in [2.75, 3.05) is 26.7 Å². The molecule has 7 heteroatoms. The van der Waals surface area contributed by atoms with Gasteiger partial charge < -0.3 is 15.0 Å². The SMILES string of the molecule is CC[N+](CC)(CC)C1=Nc2ccc(C)cc2C(c2ccc(OC)cc2)(C(F)(F)F)[N-]1. The second-order valence-corrected chi connectivity index (χ2v) is 7.57. The average Bonchev–Trinajstić information content (AvgIpc) is 2.74. The Bertz CT molecular complexity index is 925. The second-order valence-electron chi connectivity index (χ2n) is 7.57. The maximum atomic E-state index is 15.0. The van der Waals surface area contributed by atoms with Crippen LogP contribution in [0.5, 0.6) is 5.75 Å². The molecule has 0 amide bonds. The van der Waals surface area contributed by atoms with Gasteiger partial charge in [-0.05, 0) is 56.6 Å². The number of ether oxygens (including phenoxy) is 1. The van der Waals surface area contributed by atoms with Crippen LogP contribution >= 0.6 is 0 Å². The van der Waals surface area contributed by atoms with Crippen molar-refractivity contribution in [1.82, 2.24) is 0 Å². The van der Waals surface area contributed by atoms with Gasteiger partial charge in [-0.25, -0.2) is 0 Å². The first-order valence-corrected chi connectivity index (χ1v) is 10.2. The van der Waals surface area contributed by atoms with Crippen LogP contribution in [0.1, 0.15) is 37.5 Å². The Morgan fingerprint density at radius 2 is 1.60 bits per heavy atom. The molecule has 0 fully saturated rings. The molecule has 2 aromatic rings. The van der Waals surface area contributed by atoms with Crippen molar-refractivity contribution in [3.05, 3.63) is 64.5 Å². The molecule has 1 aliphatic heterocycles. The molecular formula is C23H28F3N3O. The van der Waals surface area contributed by atoms with Crippen LogP contribution < -0.4 is 4.74 Å². The van der Waals surface area contributed by atoms with E-state index in [-0.39, 0.29) is 21.6 Å². The molecule has 2 aromatic carbocycles. The van der Waals surface area contributed by atoms with Crippen molar-refractivity contribution in [2.45, 2.75) is 39.4 Å². The smallest absolute Gasteiger partial charge is 0.402 e. The minimum atomic E-state index is -4.66. The molecule has 0 bridgehead atoms. The summed E-state index contributed by atoms with van der Waals surface area (Å²) in [6, 6.07) is 11.0. The van der Waals surface area contributed by atoms with E-state index in [0.29, 0.717) is 31.1 Å². The van der Waals surface area contributed by atoms with Crippen LogP contribution in [0.15, 0.2) is 47.5 Å². The van der Waals surface area contributed by atoms with Gasteiger partial charge in [-0.15, -0.1) is 0 Å². The number of guanidine groups is 1. The normalized spacial score (nSPS) is 19.0. The molecule has 4 nitrogen and oxygen atoms in total. The highest BCUT2D eigenvalue weighted by atomic mass is 19.4. The molecule has 0 saturated heterocycles. The number of methoxy groups -OCH3 is 1. The van der Waals surface area contributed by atoms with Crippen LogP contribution in [0.2, 0.25) is 0 Å². The predicted octanol–water partition coefficient (Wildman–Crippen LogP) is 6.06. The van der Waals surface area contributed by atoms with Gasteiger partial charge in [0.15, 0.2) is 0 Å². The molecule has 162 valence electrons. The largest absolute Gasteiger partial charge is 0.497 e. The van der Waals surface area contributed by atoms with E-state index in [9.17, 15) is 13.2 Å². The Balaban J connectivity index is 2.36. The van der Waals surface area contributed by atoms with Crippen LogP contribution in [-0.2, 0) is 5.54 Å². The Morgan fingerprint density at radius 1 is 1.00 bits per heavy atom. The highest BCUT2D eigenvalue weighted by Crippen LogP contribution is 2.56. The van der Waals surface area contributed by atoms with E-state index in [1.165, 1.54) is 19.2 Å². The molecule has 0 aromatic heterocycles. The Kier molecular flexibility index (Phi) is 5.87. The third kappa shape index (κ3) is 3.35. The van der Waals surface area contributed by atoms with Crippen molar-refractivity contribution >= 4 is 11.6 Å². The van der Waals surface area contributed by atoms with Crippen molar-refractivity contribution in [3.63, 3.8) is 0 Å². The number of hydrogen-bond donors (Lipinski definition) is 0. The fraction of sp³-hybridized carbons (Fsp3) is 0.435. The third-order valence-corrected chi connectivity index (χ3v) is 6.19. The molecule has 1 aliphatic rings. The molecule has 1 heterocycles. The lowest BCUT2D eigenvalue weighted by atomic mass is 9.79. The lowest BCUT2D eigenvalue weighted by Gasteiger charge is -2.52. The van der Waals surface area contributed by atoms with Crippen molar-refractivity contribution < 1.29 is 22.4 Å². The number of quaternary nitrogens is 1. The summed E-state index contributed by atoms with van der Waals surface area (Å²) in [6.45, 7) is 9.46. The molecule has 30 heavy (non-hydrogen) atoms. The monoisotopic (exact) mass is 419 g/mol. The summed E-state index contributed by atoms with van der Waals surface area (Å²) in [6.07, 6.45) is -4.66. The standard InChI is InChI=1S/C23H28F3N3O/c1-6-29(7-2,8-3)21-27-20-14-9-16(4)15-19(20)22(28-21,23(24,25)26)17-10-12-18(30-5)13-11-17/h9-15H,6-8H2,1-5H3. The molecular weight excluding hydrogens is 391 g/mol. The van der Waals surface area contributed by atoms with Gasteiger partial charge in [-0.1, -0.05) is 35.9 Å². The summed E-state index contributed by atoms with van der Waals surface area (Å²) in [5.74, 6) is 0.707. The number of nitrogens with zero attached hydrogens (tertiary/aromatic N) is 3. The van der Waals surface area contributed by atoms with E-state index in [1.54, 1.807) is 37.3 Å². The van der Waals surface area contributed by atoms with Gasteiger partial charge in [0.1, 0.15) is 17.2 Å². The van der Waals surface area contributed by atoms with Gasteiger partial charge in [0.25, 0.3) is 0 Å². The van der Waals surface area contributed by atoms with Crippen molar-refractivity contribution in [3.8, 4) is 5.75 Å². The van der Waals surface area contributed by atoms with Gasteiger partial charge in [-0.3, -0.25) is 4.48 Å². The van der Waals surface area contributed by atoms with Gasteiger partial charge in [0.05, 0.1) is 26.7 Å². The first kappa shape index (κ1) is 22.2. The van der Waals surface area contributed by atoms with Gasteiger partial charge in [-0.2, -0.15) is 13.2 Å². The second kappa shape index (κ2) is 7.95. The average molecular weight is 419 g/mol. The minimum absolute atomic E-state index is 0.0523.